The minimum absolute atomic E-state index is 0.0630. The summed E-state index contributed by atoms with van der Waals surface area (Å²) in [7, 11) is 1.29. The van der Waals surface area contributed by atoms with Crippen LogP contribution in [0.4, 0.5) is 10.3 Å². The number of hydrogen-bond donors (Lipinski definition) is 3. The Morgan fingerprint density at radius 1 is 1.35 bits per heavy atom. The van der Waals surface area contributed by atoms with Crippen molar-refractivity contribution in [2.75, 3.05) is 36.6 Å². The Morgan fingerprint density at radius 3 is 2.77 bits per heavy atom. The Kier molecular flexibility index (Phi) is 7.91. The molecule has 1 saturated heterocycles. The molecule has 0 aromatic carbocycles. The molecule has 0 saturated carbocycles. The van der Waals surface area contributed by atoms with Gasteiger partial charge in [0.05, 0.1) is 4.70 Å². The number of carboxylic acid groups (broad SMARTS) is 1. The minimum atomic E-state index is -1.20. The second-order valence-electron chi connectivity index (χ2n) is 8.85. The lowest BCUT2D eigenvalue weighted by Gasteiger charge is -2.49. The van der Waals surface area contributed by atoms with Gasteiger partial charge in [-0.25, -0.2) is 14.8 Å². The summed E-state index contributed by atoms with van der Waals surface area (Å²) in [4.78, 5) is 55.4. The van der Waals surface area contributed by atoms with E-state index < -0.39 is 29.2 Å². The van der Waals surface area contributed by atoms with Gasteiger partial charge in [0.25, 0.3) is 11.8 Å². The van der Waals surface area contributed by atoms with Crippen LogP contribution < -0.4 is 20.5 Å². The van der Waals surface area contributed by atoms with Crippen molar-refractivity contribution in [3.05, 3.63) is 40.8 Å². The number of fused-ring (bicyclic) bond motifs is 2. The number of carbonyl (C=O) groups excluding carboxylic acids is 2. The molecule has 2 amide bonds. The number of carbonyl (C=O) groups is 3. The van der Waals surface area contributed by atoms with Gasteiger partial charge in [-0.1, -0.05) is 16.5 Å². The Bertz CT molecular complexity index is 1550. The highest BCUT2D eigenvalue weighted by Crippen LogP contribution is 2.40. The van der Waals surface area contributed by atoms with Crippen molar-refractivity contribution < 1.29 is 28.9 Å². The normalized spacial score (nSPS) is 18.9. The fourth-order valence-corrected chi connectivity index (χ4v) is 7.50. The van der Waals surface area contributed by atoms with Gasteiger partial charge < -0.3 is 25.9 Å². The third-order valence-electron chi connectivity index (χ3n) is 6.48. The fourth-order valence-electron chi connectivity index (χ4n) is 4.56. The number of thiazole rings is 2. The van der Waals surface area contributed by atoms with Gasteiger partial charge in [0.1, 0.15) is 35.4 Å². The summed E-state index contributed by atoms with van der Waals surface area (Å²) in [5.74, 6) is -2.01. The lowest BCUT2D eigenvalue weighted by atomic mass is 10.0. The second kappa shape index (κ2) is 11.4. The van der Waals surface area contributed by atoms with Crippen molar-refractivity contribution in [2.45, 2.75) is 31.8 Å². The molecule has 16 heteroatoms. The second-order valence-corrected chi connectivity index (χ2v) is 11.9. The third kappa shape index (κ3) is 5.09. The molecule has 0 spiro atoms. The number of amides is 2. The number of nitrogens with one attached hydrogen (secondary N) is 1. The molecule has 210 valence electrons. The predicted molar refractivity (Wildman–Crippen MR) is 153 cm³/mol. The van der Waals surface area contributed by atoms with Crippen LogP contribution in [0, 0.1) is 0 Å². The van der Waals surface area contributed by atoms with Gasteiger partial charge in [-0.2, -0.15) is 4.57 Å². The molecule has 3 aromatic rings. The molecular formula is C24H27N8O5S3+. The van der Waals surface area contributed by atoms with Gasteiger partial charge in [0.15, 0.2) is 34.9 Å². The summed E-state index contributed by atoms with van der Waals surface area (Å²) in [5, 5.41) is 18.6. The SMILES string of the molecule is CCN(CC)c1nc2c[n+](CC3=C(C(=O)O)N4C(=O)C(NC(=O)C(=NOC)c5csc(N)n5)[C@@H]4SC3)ccc2s1. The molecule has 3 aromatic heterocycles. The molecule has 0 aliphatic carbocycles. The first-order valence-electron chi connectivity index (χ1n) is 12.3. The molecule has 5 heterocycles. The predicted octanol–water partition coefficient (Wildman–Crippen LogP) is 1.26. The van der Waals surface area contributed by atoms with Crippen LogP contribution in [-0.4, -0.2) is 80.8 Å². The number of nitrogens with two attached hydrogens (primary N) is 1. The van der Waals surface area contributed by atoms with Crippen LogP contribution in [0.5, 0.6) is 0 Å². The number of rotatable bonds is 10. The number of anilines is 2. The molecule has 0 bridgehead atoms. The monoisotopic (exact) mass is 603 g/mol. The summed E-state index contributed by atoms with van der Waals surface area (Å²) in [6, 6.07) is 1.04. The fraction of sp³-hybridized carbons (Fsp3) is 0.375. The number of nitrogens with zero attached hydrogens (tertiary/aromatic N) is 6. The van der Waals surface area contributed by atoms with Crippen molar-refractivity contribution in [2.24, 2.45) is 5.16 Å². The largest absolute Gasteiger partial charge is 0.477 e. The van der Waals surface area contributed by atoms with Gasteiger partial charge in [0, 0.05) is 35.9 Å². The molecular weight excluding hydrogens is 577 g/mol. The zero-order chi connectivity index (χ0) is 28.6. The van der Waals surface area contributed by atoms with Crippen LogP contribution in [0.1, 0.15) is 19.5 Å². The number of hydrogen-bond acceptors (Lipinski definition) is 12. The van der Waals surface area contributed by atoms with Gasteiger partial charge in [-0.15, -0.1) is 23.1 Å². The zero-order valence-electron chi connectivity index (χ0n) is 21.9. The van der Waals surface area contributed by atoms with Gasteiger partial charge in [-0.3, -0.25) is 14.5 Å². The van der Waals surface area contributed by atoms with Gasteiger partial charge in [0.2, 0.25) is 0 Å². The Balaban J connectivity index is 1.35. The minimum Gasteiger partial charge on any atom is -0.477 e. The molecule has 0 radical (unpaired) electrons. The Morgan fingerprint density at radius 2 is 2.12 bits per heavy atom. The molecule has 4 N–H and O–H groups in total. The number of β-lactam (4-membered cyclic amide) rings is 1. The average molecular weight is 604 g/mol. The van der Waals surface area contributed by atoms with Gasteiger partial charge >= 0.3 is 5.97 Å². The summed E-state index contributed by atoms with van der Waals surface area (Å²) in [5.41, 5.74) is 7.11. The van der Waals surface area contributed by atoms with E-state index in [1.807, 2.05) is 23.0 Å². The molecule has 1 unspecified atom stereocenters. The van der Waals surface area contributed by atoms with E-state index in [9.17, 15) is 19.5 Å². The summed E-state index contributed by atoms with van der Waals surface area (Å²) in [6.45, 7) is 6.16. The molecule has 40 heavy (non-hydrogen) atoms. The number of aromatic nitrogens is 3. The van der Waals surface area contributed by atoms with Crippen molar-refractivity contribution in [3.63, 3.8) is 0 Å². The van der Waals surface area contributed by atoms with E-state index >= 15 is 0 Å². The van der Waals surface area contributed by atoms with E-state index in [1.54, 1.807) is 16.7 Å². The molecule has 2 atom stereocenters. The number of pyridine rings is 1. The maximum Gasteiger partial charge on any atom is 0.352 e. The lowest BCUT2D eigenvalue weighted by molar-refractivity contribution is -0.687. The average Bonchev–Trinajstić information content (AvgIpc) is 3.56. The van der Waals surface area contributed by atoms with Crippen LogP contribution in [-0.2, 0) is 25.8 Å². The molecule has 2 aliphatic heterocycles. The van der Waals surface area contributed by atoms with Crippen LogP contribution in [0.2, 0.25) is 0 Å². The Hall–Kier alpha value is -3.76. The van der Waals surface area contributed by atoms with E-state index in [4.69, 9.17) is 15.6 Å². The maximum atomic E-state index is 13.1. The molecule has 1 fully saturated rings. The Labute approximate surface area is 241 Å². The first kappa shape index (κ1) is 27.8. The van der Waals surface area contributed by atoms with E-state index in [0.717, 1.165) is 39.8 Å². The summed E-state index contributed by atoms with van der Waals surface area (Å²) in [6.07, 6.45) is 3.78. The maximum absolute atomic E-state index is 13.1. The topological polar surface area (TPSA) is 167 Å². The number of oxime groups is 1. The number of carboxylic acids is 1. The van der Waals surface area contributed by atoms with Crippen LogP contribution in [0.25, 0.3) is 10.2 Å². The van der Waals surface area contributed by atoms with Crippen molar-refractivity contribution >= 4 is 78.4 Å². The highest BCUT2D eigenvalue weighted by molar-refractivity contribution is 8.00. The molecule has 2 aliphatic rings. The van der Waals surface area contributed by atoms with E-state index in [0.29, 0.717) is 11.3 Å². The summed E-state index contributed by atoms with van der Waals surface area (Å²) < 4.78 is 2.92. The zero-order valence-corrected chi connectivity index (χ0v) is 24.3. The lowest BCUT2D eigenvalue weighted by Crippen LogP contribution is -2.71. The first-order valence-corrected chi connectivity index (χ1v) is 15.1. The van der Waals surface area contributed by atoms with Crippen molar-refractivity contribution in [3.8, 4) is 0 Å². The number of aliphatic carboxylic acids is 1. The van der Waals surface area contributed by atoms with E-state index in [1.165, 1.54) is 23.8 Å². The first-order chi connectivity index (χ1) is 19.2. The van der Waals surface area contributed by atoms with E-state index in [-0.39, 0.29) is 28.8 Å². The quantitative estimate of drug-likeness (QED) is 0.133. The smallest absolute Gasteiger partial charge is 0.352 e. The van der Waals surface area contributed by atoms with E-state index in [2.05, 4.69) is 34.2 Å². The molecule has 13 nitrogen and oxygen atoms in total. The van der Waals surface area contributed by atoms with Crippen LogP contribution in [0.15, 0.2) is 40.3 Å². The molecule has 5 rings (SSSR count). The van der Waals surface area contributed by atoms with Crippen molar-refractivity contribution in [1.29, 1.82) is 0 Å². The van der Waals surface area contributed by atoms with Gasteiger partial charge in [-0.05, 0) is 13.8 Å². The van der Waals surface area contributed by atoms with Crippen LogP contribution in [0.3, 0.4) is 0 Å². The highest BCUT2D eigenvalue weighted by atomic mass is 32.2. The standard InChI is InChI=1S/C24H26N8O5S3/c1-4-31(5-2)24-27-13-9-30(7-6-15(13)40-24)8-12-10-38-21-17(20(34)32(21)18(12)22(35)36)28-19(33)16(29-37-3)14-11-39-23(25)26-14/h6-7,9,11,17,21H,4-5,8,10H2,1-3H3,(H3-,25,26,28,33,35,36)/p+1/t17?,21-/m0/s1. The third-order valence-corrected chi connectivity index (χ3v) is 9.59. The number of nitrogen functional groups attached to an aromatic ring is 1. The van der Waals surface area contributed by atoms with Crippen molar-refractivity contribution in [1.82, 2.24) is 20.2 Å². The highest BCUT2D eigenvalue weighted by Gasteiger charge is 2.54. The van der Waals surface area contributed by atoms with Crippen LogP contribution >= 0.6 is 34.4 Å². The number of thioether (sulfide) groups is 1. The summed E-state index contributed by atoms with van der Waals surface area (Å²) >= 11 is 4.14.